The van der Waals surface area contributed by atoms with Crippen LogP contribution in [0.1, 0.15) is 0 Å². The second-order valence-corrected chi connectivity index (χ2v) is 2.99. The lowest BCUT2D eigenvalue weighted by Gasteiger charge is -1.99. The lowest BCUT2D eigenvalue weighted by molar-refractivity contribution is 1.32. The second-order valence-electron chi connectivity index (χ2n) is 2.63. The Bertz CT molecular complexity index is 398. The van der Waals surface area contributed by atoms with Crippen LogP contribution in [0.15, 0.2) is 42.5 Å². The standard InChI is InChI=1S/C11H7ClN/c12-11-8-4-7-10(13-11)9-5-2-1-3-6-9/h1-7H. The minimum Gasteiger partial charge on any atom is -0.235 e. The van der Waals surface area contributed by atoms with Crippen molar-refractivity contribution in [2.45, 2.75) is 0 Å². The third kappa shape index (κ3) is 1.87. The number of halogens is 1. The fraction of sp³-hybridized carbons (Fsp3) is 0. The summed E-state index contributed by atoms with van der Waals surface area (Å²) in [5.74, 6) is 0. The molecule has 0 spiro atoms. The number of aromatic nitrogens is 1. The Hall–Kier alpha value is -1.34. The summed E-state index contributed by atoms with van der Waals surface area (Å²) in [4.78, 5) is 4.15. The molecule has 0 unspecified atom stereocenters. The molecule has 0 bridgehead atoms. The van der Waals surface area contributed by atoms with Gasteiger partial charge in [-0.05, 0) is 12.1 Å². The highest BCUT2D eigenvalue weighted by atomic mass is 35.5. The molecule has 0 fully saturated rings. The lowest BCUT2D eigenvalue weighted by atomic mass is 10.1. The van der Waals surface area contributed by atoms with E-state index in [2.05, 4.69) is 11.1 Å². The molecule has 0 aliphatic carbocycles. The summed E-state index contributed by atoms with van der Waals surface area (Å²) in [5, 5.41) is 0.404. The molecule has 1 heterocycles. The van der Waals surface area contributed by atoms with Crippen LogP contribution in [0.25, 0.3) is 11.3 Å². The molecule has 2 aromatic rings. The summed E-state index contributed by atoms with van der Waals surface area (Å²) >= 11 is 5.73. The third-order valence-corrected chi connectivity index (χ3v) is 1.93. The van der Waals surface area contributed by atoms with Gasteiger partial charge in [0.2, 0.25) is 0 Å². The fourth-order valence-electron chi connectivity index (χ4n) is 1.13. The second kappa shape index (κ2) is 3.58. The van der Waals surface area contributed by atoms with Crippen molar-refractivity contribution in [2.24, 2.45) is 0 Å². The average Bonchev–Trinajstić information content (AvgIpc) is 2.19. The topological polar surface area (TPSA) is 12.9 Å². The van der Waals surface area contributed by atoms with Gasteiger partial charge in [-0.15, -0.1) is 0 Å². The van der Waals surface area contributed by atoms with E-state index in [0.717, 1.165) is 11.3 Å². The van der Waals surface area contributed by atoms with Crippen molar-refractivity contribution in [3.05, 3.63) is 53.7 Å². The minimum atomic E-state index is 0.404. The van der Waals surface area contributed by atoms with Crippen LogP contribution in [0.2, 0.25) is 5.15 Å². The summed E-state index contributed by atoms with van der Waals surface area (Å²) in [6, 6.07) is 16.4. The van der Waals surface area contributed by atoms with Gasteiger partial charge in [0.1, 0.15) is 5.15 Å². The fourth-order valence-corrected chi connectivity index (χ4v) is 1.29. The Labute approximate surface area is 82.0 Å². The first-order valence-electron chi connectivity index (χ1n) is 3.96. The molecule has 0 aliphatic rings. The van der Waals surface area contributed by atoms with Gasteiger partial charge in [0, 0.05) is 11.6 Å². The van der Waals surface area contributed by atoms with Gasteiger partial charge >= 0.3 is 0 Å². The Balaban J connectivity index is 2.48. The number of hydrogen-bond acceptors (Lipinski definition) is 1. The SMILES string of the molecule is Clc1[c]ccc(-c2ccccc2)n1. The van der Waals surface area contributed by atoms with Crippen LogP contribution in [0, 0.1) is 6.07 Å². The molecule has 0 saturated carbocycles. The van der Waals surface area contributed by atoms with Crippen molar-refractivity contribution in [2.75, 3.05) is 0 Å². The molecule has 0 amide bonds. The van der Waals surface area contributed by atoms with Crippen LogP contribution in [0.4, 0.5) is 0 Å². The molecule has 63 valence electrons. The average molecular weight is 189 g/mol. The number of nitrogens with zero attached hydrogens (tertiary/aromatic N) is 1. The van der Waals surface area contributed by atoms with Gasteiger partial charge in [0.25, 0.3) is 0 Å². The molecule has 1 radical (unpaired) electrons. The quantitative estimate of drug-likeness (QED) is 0.627. The zero-order valence-electron chi connectivity index (χ0n) is 6.87. The highest BCUT2D eigenvalue weighted by molar-refractivity contribution is 6.29. The molecule has 1 nitrogen and oxygen atoms in total. The molecule has 0 atom stereocenters. The van der Waals surface area contributed by atoms with Gasteiger partial charge in [0.05, 0.1) is 5.69 Å². The monoisotopic (exact) mass is 188 g/mol. The normalized spacial score (nSPS) is 9.92. The summed E-state index contributed by atoms with van der Waals surface area (Å²) in [6.45, 7) is 0. The number of benzene rings is 1. The van der Waals surface area contributed by atoms with Crippen LogP contribution in [-0.2, 0) is 0 Å². The Kier molecular flexibility index (Phi) is 2.28. The Morgan fingerprint density at radius 2 is 1.85 bits per heavy atom. The van der Waals surface area contributed by atoms with Crippen molar-refractivity contribution in [1.82, 2.24) is 4.98 Å². The highest BCUT2D eigenvalue weighted by Gasteiger charge is 1.97. The van der Waals surface area contributed by atoms with E-state index in [-0.39, 0.29) is 0 Å². The zero-order valence-corrected chi connectivity index (χ0v) is 7.62. The summed E-state index contributed by atoms with van der Waals surface area (Å²) in [7, 11) is 0. The Morgan fingerprint density at radius 3 is 2.54 bits per heavy atom. The van der Waals surface area contributed by atoms with Crippen molar-refractivity contribution in [3.8, 4) is 11.3 Å². The van der Waals surface area contributed by atoms with Gasteiger partial charge in [0.15, 0.2) is 0 Å². The van der Waals surface area contributed by atoms with Crippen molar-refractivity contribution >= 4 is 11.6 Å². The number of rotatable bonds is 1. The van der Waals surface area contributed by atoms with Crippen molar-refractivity contribution in [1.29, 1.82) is 0 Å². The molecular formula is C11H7ClN. The van der Waals surface area contributed by atoms with Gasteiger partial charge in [-0.25, -0.2) is 4.98 Å². The van der Waals surface area contributed by atoms with Crippen LogP contribution >= 0.6 is 11.6 Å². The summed E-state index contributed by atoms with van der Waals surface area (Å²) in [6.07, 6.45) is 0. The van der Waals surface area contributed by atoms with Crippen molar-refractivity contribution in [3.63, 3.8) is 0 Å². The third-order valence-electron chi connectivity index (χ3n) is 1.73. The first kappa shape index (κ1) is 8.27. The molecule has 13 heavy (non-hydrogen) atoms. The first-order chi connectivity index (χ1) is 6.36. The molecule has 0 aliphatic heterocycles. The van der Waals surface area contributed by atoms with Gasteiger partial charge in [-0.1, -0.05) is 41.9 Å². The molecule has 1 aromatic carbocycles. The van der Waals surface area contributed by atoms with E-state index >= 15 is 0 Å². The van der Waals surface area contributed by atoms with Crippen molar-refractivity contribution < 1.29 is 0 Å². The van der Waals surface area contributed by atoms with Crippen LogP contribution in [0.3, 0.4) is 0 Å². The van der Waals surface area contributed by atoms with Crippen LogP contribution in [0.5, 0.6) is 0 Å². The predicted octanol–water partition coefficient (Wildman–Crippen LogP) is 3.20. The molecular weight excluding hydrogens is 182 g/mol. The maximum Gasteiger partial charge on any atom is 0.137 e. The van der Waals surface area contributed by atoms with E-state index in [1.807, 2.05) is 36.4 Å². The molecule has 2 rings (SSSR count). The maximum absolute atomic E-state index is 5.73. The van der Waals surface area contributed by atoms with E-state index in [1.54, 1.807) is 6.07 Å². The van der Waals surface area contributed by atoms with Gasteiger partial charge in [-0.2, -0.15) is 0 Å². The van der Waals surface area contributed by atoms with E-state index < -0.39 is 0 Å². The van der Waals surface area contributed by atoms with Gasteiger partial charge < -0.3 is 0 Å². The maximum atomic E-state index is 5.73. The van der Waals surface area contributed by atoms with E-state index in [0.29, 0.717) is 5.15 Å². The van der Waals surface area contributed by atoms with E-state index in [4.69, 9.17) is 11.6 Å². The number of hydrogen-bond donors (Lipinski definition) is 0. The number of pyridine rings is 1. The largest absolute Gasteiger partial charge is 0.235 e. The van der Waals surface area contributed by atoms with E-state index in [1.165, 1.54) is 0 Å². The zero-order chi connectivity index (χ0) is 9.10. The van der Waals surface area contributed by atoms with E-state index in [9.17, 15) is 0 Å². The predicted molar refractivity (Wildman–Crippen MR) is 53.5 cm³/mol. The minimum absolute atomic E-state index is 0.404. The van der Waals surface area contributed by atoms with Crippen LogP contribution < -0.4 is 0 Å². The smallest absolute Gasteiger partial charge is 0.137 e. The summed E-state index contributed by atoms with van der Waals surface area (Å²) < 4.78 is 0. The van der Waals surface area contributed by atoms with Crippen LogP contribution in [-0.4, -0.2) is 4.98 Å². The highest BCUT2D eigenvalue weighted by Crippen LogP contribution is 2.17. The lowest BCUT2D eigenvalue weighted by Crippen LogP contribution is -1.82. The first-order valence-corrected chi connectivity index (χ1v) is 4.34. The molecule has 1 aromatic heterocycles. The van der Waals surface area contributed by atoms with Gasteiger partial charge in [-0.3, -0.25) is 0 Å². The summed E-state index contributed by atoms with van der Waals surface area (Å²) in [5.41, 5.74) is 1.95. The Morgan fingerprint density at radius 1 is 1.08 bits per heavy atom. The molecule has 2 heteroatoms. The molecule has 0 saturated heterocycles. The molecule has 0 N–H and O–H groups in total.